The average Bonchev–Trinajstić information content (AvgIpc) is 2.09. The van der Waals surface area contributed by atoms with Gasteiger partial charge in [-0.1, -0.05) is 6.92 Å². The molecule has 0 saturated carbocycles. The number of halogens is 1. The molecule has 0 saturated heterocycles. The Kier molecular flexibility index (Phi) is 6.12. The van der Waals surface area contributed by atoms with Gasteiger partial charge in [0.15, 0.2) is 0 Å². The summed E-state index contributed by atoms with van der Waals surface area (Å²) in [5.74, 6) is 0.338. The van der Waals surface area contributed by atoms with E-state index in [4.69, 9.17) is 16.3 Å². The van der Waals surface area contributed by atoms with E-state index in [-0.39, 0.29) is 24.2 Å². The van der Waals surface area contributed by atoms with Crippen molar-refractivity contribution in [2.75, 3.05) is 12.5 Å². The highest BCUT2D eigenvalue weighted by atomic mass is 35.5. The maximum Gasteiger partial charge on any atom is 0.246 e. The molecule has 84 valence electrons. The van der Waals surface area contributed by atoms with Gasteiger partial charge in [0.1, 0.15) is 6.61 Å². The van der Waals surface area contributed by atoms with Gasteiger partial charge in [-0.05, 0) is 27.2 Å². The van der Waals surface area contributed by atoms with Crippen LogP contribution in [0.4, 0.5) is 0 Å². The lowest BCUT2D eigenvalue weighted by Crippen LogP contribution is -2.39. The minimum atomic E-state index is -0.278. The van der Waals surface area contributed by atoms with Crippen LogP contribution in [0.2, 0.25) is 0 Å². The van der Waals surface area contributed by atoms with Crippen molar-refractivity contribution in [3.05, 3.63) is 0 Å². The van der Waals surface area contributed by atoms with Gasteiger partial charge in [-0.3, -0.25) is 4.79 Å². The molecule has 1 atom stereocenters. The lowest BCUT2D eigenvalue weighted by Gasteiger charge is -2.20. The van der Waals surface area contributed by atoms with E-state index in [1.54, 1.807) is 0 Å². The van der Waals surface area contributed by atoms with Crippen molar-refractivity contribution in [1.29, 1.82) is 0 Å². The van der Waals surface area contributed by atoms with Gasteiger partial charge >= 0.3 is 0 Å². The number of carbonyl (C=O) groups excluding carboxylic acids is 1. The molecule has 0 aromatic carbocycles. The summed E-state index contributed by atoms with van der Waals surface area (Å²) in [5, 5.41) is 2.79. The second-order valence-electron chi connectivity index (χ2n) is 4.23. The highest BCUT2D eigenvalue weighted by molar-refractivity contribution is 6.18. The third kappa shape index (κ3) is 7.15. The van der Waals surface area contributed by atoms with E-state index in [1.807, 2.05) is 27.7 Å². The van der Waals surface area contributed by atoms with Crippen molar-refractivity contribution >= 4 is 17.5 Å². The van der Waals surface area contributed by atoms with E-state index < -0.39 is 0 Å². The zero-order valence-corrected chi connectivity index (χ0v) is 10.1. The summed E-state index contributed by atoms with van der Waals surface area (Å²) in [6.07, 6.45) is 0.838. The molecular formula is C10H20ClNO2. The summed E-state index contributed by atoms with van der Waals surface area (Å²) in [6.45, 7) is 7.83. The zero-order valence-electron chi connectivity index (χ0n) is 9.39. The average molecular weight is 222 g/mol. The van der Waals surface area contributed by atoms with E-state index >= 15 is 0 Å². The van der Waals surface area contributed by atoms with E-state index in [2.05, 4.69) is 5.32 Å². The van der Waals surface area contributed by atoms with Crippen LogP contribution in [0.15, 0.2) is 0 Å². The standard InChI is InChI=1S/C10H20ClNO2/c1-5-8(6-11)12-9(13)7-14-10(2,3)4/h8H,5-7H2,1-4H3,(H,12,13). The minimum absolute atomic E-state index is 0.0488. The Labute approximate surface area is 91.2 Å². The van der Waals surface area contributed by atoms with E-state index in [9.17, 15) is 4.79 Å². The normalized spacial score (nSPS) is 13.8. The number of hydrogen-bond donors (Lipinski definition) is 1. The van der Waals surface area contributed by atoms with Gasteiger partial charge < -0.3 is 10.1 Å². The maximum absolute atomic E-state index is 11.3. The lowest BCUT2D eigenvalue weighted by atomic mass is 10.2. The largest absolute Gasteiger partial charge is 0.366 e. The van der Waals surface area contributed by atoms with Crippen LogP contribution in [-0.2, 0) is 9.53 Å². The molecule has 1 N–H and O–H groups in total. The summed E-state index contributed by atoms with van der Waals surface area (Å²) >= 11 is 5.65. The first-order valence-corrected chi connectivity index (χ1v) is 5.41. The van der Waals surface area contributed by atoms with Crippen LogP contribution in [0.25, 0.3) is 0 Å². The molecular weight excluding hydrogens is 202 g/mol. The number of alkyl halides is 1. The molecule has 0 rings (SSSR count). The smallest absolute Gasteiger partial charge is 0.246 e. The number of rotatable bonds is 5. The van der Waals surface area contributed by atoms with Gasteiger partial charge in [-0.25, -0.2) is 0 Å². The SMILES string of the molecule is CCC(CCl)NC(=O)COC(C)(C)C. The number of carbonyl (C=O) groups is 1. The molecule has 0 bridgehead atoms. The molecule has 0 aromatic rings. The quantitative estimate of drug-likeness (QED) is 0.721. The van der Waals surface area contributed by atoms with Crippen LogP contribution in [0.3, 0.4) is 0 Å². The van der Waals surface area contributed by atoms with Gasteiger partial charge in [0.05, 0.1) is 5.60 Å². The molecule has 3 nitrogen and oxygen atoms in total. The Hall–Kier alpha value is -0.280. The topological polar surface area (TPSA) is 38.3 Å². The number of hydrogen-bond acceptors (Lipinski definition) is 2. The fourth-order valence-corrected chi connectivity index (χ4v) is 1.10. The highest BCUT2D eigenvalue weighted by Gasteiger charge is 2.14. The predicted octanol–water partition coefficient (Wildman–Crippen LogP) is 1.94. The molecule has 0 aliphatic heterocycles. The fraction of sp³-hybridized carbons (Fsp3) is 0.900. The Bertz CT molecular complexity index is 173. The Morgan fingerprint density at radius 1 is 1.50 bits per heavy atom. The predicted molar refractivity (Wildman–Crippen MR) is 58.6 cm³/mol. The molecule has 1 amide bonds. The van der Waals surface area contributed by atoms with Gasteiger partial charge in [-0.15, -0.1) is 11.6 Å². The van der Waals surface area contributed by atoms with Crippen molar-refractivity contribution in [2.24, 2.45) is 0 Å². The van der Waals surface area contributed by atoms with Crippen molar-refractivity contribution < 1.29 is 9.53 Å². The Morgan fingerprint density at radius 2 is 2.07 bits per heavy atom. The van der Waals surface area contributed by atoms with Gasteiger partial charge in [0, 0.05) is 11.9 Å². The van der Waals surface area contributed by atoms with Gasteiger partial charge in [-0.2, -0.15) is 0 Å². The van der Waals surface area contributed by atoms with Crippen LogP contribution >= 0.6 is 11.6 Å². The Morgan fingerprint density at radius 3 is 2.43 bits per heavy atom. The van der Waals surface area contributed by atoms with Crippen LogP contribution in [-0.4, -0.2) is 30.0 Å². The van der Waals surface area contributed by atoms with Gasteiger partial charge in [0.2, 0.25) is 5.91 Å². The van der Waals surface area contributed by atoms with Crippen LogP contribution < -0.4 is 5.32 Å². The van der Waals surface area contributed by atoms with E-state index in [0.29, 0.717) is 5.88 Å². The zero-order chi connectivity index (χ0) is 11.2. The molecule has 0 heterocycles. The summed E-state index contributed by atoms with van der Waals surface area (Å²) in [5.41, 5.74) is -0.278. The number of ether oxygens (including phenoxy) is 1. The molecule has 14 heavy (non-hydrogen) atoms. The van der Waals surface area contributed by atoms with Crippen molar-refractivity contribution in [1.82, 2.24) is 5.32 Å². The van der Waals surface area contributed by atoms with Crippen molar-refractivity contribution in [3.63, 3.8) is 0 Å². The highest BCUT2D eigenvalue weighted by Crippen LogP contribution is 2.05. The maximum atomic E-state index is 11.3. The second kappa shape index (κ2) is 6.25. The van der Waals surface area contributed by atoms with Crippen molar-refractivity contribution in [2.45, 2.75) is 45.8 Å². The Balaban J connectivity index is 3.75. The second-order valence-corrected chi connectivity index (χ2v) is 4.54. The van der Waals surface area contributed by atoms with E-state index in [1.165, 1.54) is 0 Å². The van der Waals surface area contributed by atoms with Gasteiger partial charge in [0.25, 0.3) is 0 Å². The van der Waals surface area contributed by atoms with Crippen LogP contribution in [0.5, 0.6) is 0 Å². The first kappa shape index (κ1) is 13.7. The third-order valence-corrected chi connectivity index (χ3v) is 2.05. The van der Waals surface area contributed by atoms with Crippen LogP contribution in [0.1, 0.15) is 34.1 Å². The van der Waals surface area contributed by atoms with Crippen molar-refractivity contribution in [3.8, 4) is 0 Å². The molecule has 0 aliphatic carbocycles. The molecule has 0 spiro atoms. The minimum Gasteiger partial charge on any atom is -0.366 e. The summed E-state index contributed by atoms with van der Waals surface area (Å²) in [4.78, 5) is 11.3. The van der Waals surface area contributed by atoms with E-state index in [0.717, 1.165) is 6.42 Å². The molecule has 0 radical (unpaired) electrons. The summed E-state index contributed by atoms with van der Waals surface area (Å²) < 4.78 is 5.33. The molecule has 1 unspecified atom stereocenters. The lowest BCUT2D eigenvalue weighted by molar-refractivity contribution is -0.131. The summed E-state index contributed by atoms with van der Waals surface area (Å²) in [7, 11) is 0. The summed E-state index contributed by atoms with van der Waals surface area (Å²) in [6, 6.07) is 0.0488. The first-order valence-electron chi connectivity index (χ1n) is 4.88. The molecule has 0 aromatic heterocycles. The third-order valence-electron chi connectivity index (χ3n) is 1.68. The monoisotopic (exact) mass is 221 g/mol. The molecule has 0 aliphatic rings. The fourth-order valence-electron chi connectivity index (χ4n) is 0.801. The number of nitrogens with one attached hydrogen (secondary N) is 1. The van der Waals surface area contributed by atoms with Crippen LogP contribution in [0, 0.1) is 0 Å². The molecule has 0 fully saturated rings. The molecule has 4 heteroatoms. The first-order chi connectivity index (χ1) is 6.39. The number of amides is 1.